The average Bonchev–Trinajstić information content (AvgIpc) is 3.78. The maximum absolute atomic E-state index is 10.2. The Hall–Kier alpha value is -9.50. The summed E-state index contributed by atoms with van der Waals surface area (Å²) in [4.78, 5) is 16.3. The van der Waals surface area contributed by atoms with Crippen LogP contribution in [-0.4, -0.2) is 19.5 Å². The first-order valence-electron chi connectivity index (χ1n) is 24.7. The maximum atomic E-state index is 10.2. The molecule has 0 saturated carbocycles. The van der Waals surface area contributed by atoms with Crippen LogP contribution in [0.25, 0.3) is 117 Å². The molecule has 73 heavy (non-hydrogen) atoms. The predicted molar refractivity (Wildman–Crippen MR) is 301 cm³/mol. The van der Waals surface area contributed by atoms with E-state index in [1.807, 2.05) is 30.3 Å². The van der Waals surface area contributed by atoms with Crippen molar-refractivity contribution in [1.29, 1.82) is 5.26 Å². The van der Waals surface area contributed by atoms with E-state index in [9.17, 15) is 5.26 Å². The SMILES string of the molecule is CC(C)(C)c1ccc2c(c1)c1cc(C#N)ccc1n2-c1c(-c2ccccc2)cc(-c2nc(-c3ccc(-c4ccccc4)cc3)nc(-c3cc(-c4ccccc4)cc(-c4ccccc4)c3)n2)cc1-c1ccccc1. The van der Waals surface area contributed by atoms with E-state index in [0.717, 1.165) is 99.8 Å². The van der Waals surface area contributed by atoms with Gasteiger partial charge in [-0.1, -0.05) is 203 Å². The largest absolute Gasteiger partial charge is 0.308 e. The summed E-state index contributed by atoms with van der Waals surface area (Å²) in [6, 6.07) is 87.5. The fourth-order valence-corrected chi connectivity index (χ4v) is 10.0. The van der Waals surface area contributed by atoms with Gasteiger partial charge in [-0.05, 0) is 116 Å². The van der Waals surface area contributed by atoms with Gasteiger partial charge in [-0.3, -0.25) is 0 Å². The average molecular weight is 936 g/mol. The van der Waals surface area contributed by atoms with E-state index in [0.29, 0.717) is 23.0 Å². The summed E-state index contributed by atoms with van der Waals surface area (Å²) >= 11 is 0. The molecule has 12 rings (SSSR count). The van der Waals surface area contributed by atoms with Gasteiger partial charge in [0.15, 0.2) is 17.5 Å². The summed E-state index contributed by atoms with van der Waals surface area (Å²) in [7, 11) is 0. The number of nitriles is 1. The van der Waals surface area contributed by atoms with Crippen molar-refractivity contribution < 1.29 is 0 Å². The van der Waals surface area contributed by atoms with Gasteiger partial charge in [0.05, 0.1) is 28.4 Å². The highest BCUT2D eigenvalue weighted by molar-refractivity contribution is 6.11. The minimum absolute atomic E-state index is 0.0837. The van der Waals surface area contributed by atoms with Crippen LogP contribution < -0.4 is 0 Å². The number of nitrogens with zero attached hydrogens (tertiary/aromatic N) is 5. The lowest BCUT2D eigenvalue weighted by atomic mass is 9.86. The monoisotopic (exact) mass is 935 g/mol. The molecule has 0 unspecified atom stereocenters. The van der Waals surface area contributed by atoms with Gasteiger partial charge < -0.3 is 4.57 Å². The second-order valence-electron chi connectivity index (χ2n) is 19.6. The first kappa shape index (κ1) is 44.7. The number of hydrogen-bond acceptors (Lipinski definition) is 4. The lowest BCUT2D eigenvalue weighted by Gasteiger charge is -2.22. The molecule has 0 saturated heterocycles. The minimum atomic E-state index is -0.0837. The van der Waals surface area contributed by atoms with Crippen LogP contribution in [0, 0.1) is 11.3 Å². The Labute approximate surface area is 426 Å². The number of hydrogen-bond donors (Lipinski definition) is 0. The molecule has 0 aliphatic rings. The molecule has 0 radical (unpaired) electrons. The second kappa shape index (κ2) is 18.7. The standard InChI is InChI=1S/C68H49N5/c1-68(2,3)57-34-36-63-61(43-57)60-37-45(44-69)29-35-62(60)73(63)64-58(50-25-15-7-16-26-50)41-56(42-59(64)51-27-17-8-18-28-51)67-71-65(52-32-30-49(31-33-52)46-19-9-4-10-20-46)70-66(72-67)55-39-53(47-21-11-5-12-22-47)38-54(40-55)48-23-13-6-14-24-48/h4-43H,1-3H3. The molecule has 0 atom stereocenters. The number of rotatable bonds is 9. The predicted octanol–water partition coefficient (Wildman–Crippen LogP) is 17.5. The third kappa shape index (κ3) is 8.66. The molecule has 0 aliphatic heterocycles. The molecule has 0 amide bonds. The first-order valence-corrected chi connectivity index (χ1v) is 24.7. The quantitative estimate of drug-likeness (QED) is 0.145. The molecule has 0 aliphatic carbocycles. The molecule has 12 aromatic rings. The lowest BCUT2D eigenvalue weighted by molar-refractivity contribution is 0.591. The van der Waals surface area contributed by atoms with Gasteiger partial charge in [0, 0.05) is 38.6 Å². The van der Waals surface area contributed by atoms with Gasteiger partial charge in [0.1, 0.15) is 0 Å². The van der Waals surface area contributed by atoms with Crippen molar-refractivity contribution in [3.8, 4) is 102 Å². The second-order valence-corrected chi connectivity index (χ2v) is 19.6. The van der Waals surface area contributed by atoms with Crippen LogP contribution >= 0.6 is 0 Å². The van der Waals surface area contributed by atoms with E-state index in [2.05, 4.69) is 244 Å². The highest BCUT2D eigenvalue weighted by Gasteiger charge is 2.25. The normalized spacial score (nSPS) is 11.5. The Bertz CT molecular complexity index is 3900. The van der Waals surface area contributed by atoms with Crippen LogP contribution in [0.1, 0.15) is 31.9 Å². The highest BCUT2D eigenvalue weighted by atomic mass is 15.0. The molecule has 0 fully saturated rings. The topological polar surface area (TPSA) is 67.4 Å². The maximum Gasteiger partial charge on any atom is 0.164 e. The fourth-order valence-electron chi connectivity index (χ4n) is 10.0. The van der Waals surface area contributed by atoms with Crippen LogP contribution in [-0.2, 0) is 5.41 Å². The Morgan fingerprint density at radius 3 is 1.18 bits per heavy atom. The molecular weight excluding hydrogens is 887 g/mol. The molecule has 10 aromatic carbocycles. The van der Waals surface area contributed by atoms with Crippen molar-refractivity contribution in [1.82, 2.24) is 19.5 Å². The van der Waals surface area contributed by atoms with Gasteiger partial charge in [-0.15, -0.1) is 0 Å². The van der Waals surface area contributed by atoms with Gasteiger partial charge in [0.25, 0.3) is 0 Å². The lowest BCUT2D eigenvalue weighted by Crippen LogP contribution is -2.10. The minimum Gasteiger partial charge on any atom is -0.308 e. The summed E-state index contributed by atoms with van der Waals surface area (Å²) in [5.74, 6) is 1.69. The molecule has 5 nitrogen and oxygen atoms in total. The van der Waals surface area contributed by atoms with Crippen molar-refractivity contribution >= 4 is 21.8 Å². The summed E-state index contributed by atoms with van der Waals surface area (Å²) in [6.07, 6.45) is 0. The fraction of sp³-hybridized carbons (Fsp3) is 0.0588. The summed E-state index contributed by atoms with van der Waals surface area (Å²) < 4.78 is 2.39. The number of benzene rings is 10. The molecule has 346 valence electrons. The smallest absolute Gasteiger partial charge is 0.164 e. The van der Waals surface area contributed by atoms with E-state index in [-0.39, 0.29) is 5.41 Å². The molecule has 0 N–H and O–H groups in total. The number of fused-ring (bicyclic) bond motifs is 3. The molecule has 2 aromatic heterocycles. The van der Waals surface area contributed by atoms with Gasteiger partial charge in [0.2, 0.25) is 0 Å². The molecule has 0 spiro atoms. The van der Waals surface area contributed by atoms with E-state index in [4.69, 9.17) is 15.0 Å². The number of aromatic nitrogens is 4. The zero-order chi connectivity index (χ0) is 49.5. The van der Waals surface area contributed by atoms with Crippen molar-refractivity contribution in [2.45, 2.75) is 26.2 Å². The Morgan fingerprint density at radius 2 is 0.712 bits per heavy atom. The van der Waals surface area contributed by atoms with Crippen molar-refractivity contribution in [3.05, 3.63) is 254 Å². The zero-order valence-corrected chi connectivity index (χ0v) is 40.8. The van der Waals surface area contributed by atoms with E-state index in [1.165, 1.54) is 5.56 Å². The summed E-state index contributed by atoms with van der Waals surface area (Å²) in [5.41, 5.74) is 18.1. The molecule has 5 heteroatoms. The van der Waals surface area contributed by atoms with Gasteiger partial charge in [-0.25, -0.2) is 15.0 Å². The van der Waals surface area contributed by atoms with Crippen molar-refractivity contribution in [2.24, 2.45) is 0 Å². The third-order valence-electron chi connectivity index (χ3n) is 13.8. The zero-order valence-electron chi connectivity index (χ0n) is 40.8. The van der Waals surface area contributed by atoms with Crippen LogP contribution in [0.4, 0.5) is 0 Å². The van der Waals surface area contributed by atoms with Gasteiger partial charge in [-0.2, -0.15) is 5.26 Å². The summed E-state index contributed by atoms with van der Waals surface area (Å²) in [6.45, 7) is 6.73. The van der Waals surface area contributed by atoms with Gasteiger partial charge >= 0.3 is 0 Å². The van der Waals surface area contributed by atoms with Crippen LogP contribution in [0.2, 0.25) is 0 Å². The van der Waals surface area contributed by atoms with Crippen LogP contribution in [0.5, 0.6) is 0 Å². The molecular formula is C68H49N5. The van der Waals surface area contributed by atoms with E-state index < -0.39 is 0 Å². The van der Waals surface area contributed by atoms with Crippen LogP contribution in [0.3, 0.4) is 0 Å². The first-order chi connectivity index (χ1) is 35.8. The Balaban J connectivity index is 1.15. The van der Waals surface area contributed by atoms with Crippen molar-refractivity contribution in [3.63, 3.8) is 0 Å². The highest BCUT2D eigenvalue weighted by Crippen LogP contribution is 2.45. The Morgan fingerprint density at radius 1 is 0.342 bits per heavy atom. The van der Waals surface area contributed by atoms with E-state index >= 15 is 0 Å². The Kier molecular flexibility index (Phi) is 11.4. The van der Waals surface area contributed by atoms with Crippen molar-refractivity contribution in [2.75, 3.05) is 0 Å². The molecule has 0 bridgehead atoms. The van der Waals surface area contributed by atoms with Crippen LogP contribution in [0.15, 0.2) is 243 Å². The van der Waals surface area contributed by atoms with E-state index in [1.54, 1.807) is 0 Å². The molecule has 2 heterocycles. The third-order valence-corrected chi connectivity index (χ3v) is 13.8. The summed E-state index contributed by atoms with van der Waals surface area (Å²) in [5, 5.41) is 12.3.